The molecule has 142 valence electrons. The monoisotopic (exact) mass is 366 g/mol. The number of aryl methyl sites for hydroxylation is 2. The first-order valence-electron chi connectivity index (χ1n) is 9.27. The highest BCUT2D eigenvalue weighted by atomic mass is 16.5. The molecule has 1 unspecified atom stereocenters. The van der Waals surface area contributed by atoms with Crippen LogP contribution in [0.2, 0.25) is 0 Å². The maximum Gasteiger partial charge on any atom is 0.227 e. The number of benzene rings is 2. The number of hydrogen-bond donors (Lipinski definition) is 1. The number of carbonyl (C=O) groups excluding carboxylic acids is 2. The smallest absolute Gasteiger partial charge is 0.227 e. The number of methoxy groups -OCH3 is 1. The molecule has 5 heteroatoms. The first-order chi connectivity index (χ1) is 13.0. The number of rotatable bonds is 6. The van der Waals surface area contributed by atoms with Crippen molar-refractivity contribution in [3.05, 3.63) is 59.2 Å². The van der Waals surface area contributed by atoms with Crippen LogP contribution in [-0.4, -0.2) is 32.0 Å². The van der Waals surface area contributed by atoms with Crippen LogP contribution in [0.1, 0.15) is 23.1 Å². The minimum Gasteiger partial charge on any atom is -0.497 e. The van der Waals surface area contributed by atoms with E-state index in [-0.39, 0.29) is 24.2 Å². The molecular formula is C22H26N2O3. The second kappa shape index (κ2) is 8.25. The van der Waals surface area contributed by atoms with Gasteiger partial charge in [-0.3, -0.25) is 9.59 Å². The third kappa shape index (κ3) is 4.30. The van der Waals surface area contributed by atoms with E-state index in [0.717, 1.165) is 34.5 Å². The van der Waals surface area contributed by atoms with Gasteiger partial charge in [-0.25, -0.2) is 0 Å². The molecular weight excluding hydrogens is 340 g/mol. The van der Waals surface area contributed by atoms with E-state index in [9.17, 15) is 9.59 Å². The third-order valence-corrected chi connectivity index (χ3v) is 5.08. The van der Waals surface area contributed by atoms with Crippen LogP contribution in [0.25, 0.3) is 0 Å². The van der Waals surface area contributed by atoms with Crippen molar-refractivity contribution in [2.45, 2.75) is 26.7 Å². The molecule has 0 saturated carbocycles. The van der Waals surface area contributed by atoms with Gasteiger partial charge in [0, 0.05) is 25.2 Å². The average Bonchev–Trinajstić information content (AvgIpc) is 3.04. The molecule has 1 fully saturated rings. The van der Waals surface area contributed by atoms with Gasteiger partial charge in [-0.15, -0.1) is 0 Å². The molecule has 0 bridgehead atoms. The fraction of sp³-hybridized carbons (Fsp3) is 0.364. The lowest BCUT2D eigenvalue weighted by atomic mass is 10.1. The van der Waals surface area contributed by atoms with Crippen LogP contribution in [0, 0.1) is 19.8 Å². The summed E-state index contributed by atoms with van der Waals surface area (Å²) in [5.41, 5.74) is 4.19. The zero-order chi connectivity index (χ0) is 19.4. The predicted molar refractivity (Wildman–Crippen MR) is 106 cm³/mol. The van der Waals surface area contributed by atoms with Crippen molar-refractivity contribution >= 4 is 17.5 Å². The summed E-state index contributed by atoms with van der Waals surface area (Å²) in [5, 5.41) is 2.97. The van der Waals surface area contributed by atoms with Gasteiger partial charge in [-0.2, -0.15) is 0 Å². The van der Waals surface area contributed by atoms with Crippen molar-refractivity contribution in [2.75, 3.05) is 25.1 Å². The predicted octanol–water partition coefficient (Wildman–Crippen LogP) is 3.02. The summed E-state index contributed by atoms with van der Waals surface area (Å²) in [4.78, 5) is 26.8. The molecule has 1 aliphatic heterocycles. The summed E-state index contributed by atoms with van der Waals surface area (Å²) in [7, 11) is 1.64. The largest absolute Gasteiger partial charge is 0.497 e. The van der Waals surface area contributed by atoms with Crippen LogP contribution in [-0.2, 0) is 16.0 Å². The molecule has 1 saturated heterocycles. The van der Waals surface area contributed by atoms with Gasteiger partial charge in [0.15, 0.2) is 0 Å². The van der Waals surface area contributed by atoms with Gasteiger partial charge in [0.25, 0.3) is 0 Å². The van der Waals surface area contributed by atoms with Gasteiger partial charge in [0.05, 0.1) is 13.0 Å². The fourth-order valence-electron chi connectivity index (χ4n) is 3.60. The highest BCUT2D eigenvalue weighted by Crippen LogP contribution is 2.30. The number of para-hydroxylation sites is 1. The van der Waals surface area contributed by atoms with Crippen LogP contribution >= 0.6 is 0 Å². The minimum atomic E-state index is -0.299. The third-order valence-electron chi connectivity index (χ3n) is 5.08. The number of ether oxygens (including phenoxy) is 1. The zero-order valence-corrected chi connectivity index (χ0v) is 16.1. The number of hydrogen-bond acceptors (Lipinski definition) is 3. The minimum absolute atomic E-state index is 0.0164. The molecule has 2 aromatic carbocycles. The van der Waals surface area contributed by atoms with Crippen molar-refractivity contribution in [1.82, 2.24) is 5.32 Å². The van der Waals surface area contributed by atoms with Gasteiger partial charge in [-0.05, 0) is 49.1 Å². The molecule has 2 aromatic rings. The topological polar surface area (TPSA) is 58.6 Å². The van der Waals surface area contributed by atoms with Crippen LogP contribution in [0.3, 0.4) is 0 Å². The summed E-state index contributed by atoms with van der Waals surface area (Å²) in [6, 6.07) is 13.8. The van der Waals surface area contributed by atoms with E-state index in [2.05, 4.69) is 5.32 Å². The van der Waals surface area contributed by atoms with Crippen molar-refractivity contribution < 1.29 is 14.3 Å². The maximum atomic E-state index is 12.5. The lowest BCUT2D eigenvalue weighted by Gasteiger charge is -2.21. The van der Waals surface area contributed by atoms with Gasteiger partial charge < -0.3 is 15.0 Å². The van der Waals surface area contributed by atoms with Crippen LogP contribution in [0.4, 0.5) is 5.69 Å². The van der Waals surface area contributed by atoms with E-state index in [1.165, 1.54) is 0 Å². The highest BCUT2D eigenvalue weighted by Gasteiger charge is 2.36. The fourth-order valence-corrected chi connectivity index (χ4v) is 3.60. The molecule has 1 aliphatic rings. The molecule has 5 nitrogen and oxygen atoms in total. The standard InChI is InChI=1S/C22H26N2O3/c1-15-5-4-6-16(2)21(15)24-14-18(13-20(24)25)22(26)23-12-11-17-7-9-19(27-3)10-8-17/h4-10,18H,11-14H2,1-3H3,(H,23,26). The van der Waals surface area contributed by atoms with E-state index in [1.54, 1.807) is 12.0 Å². The van der Waals surface area contributed by atoms with Crippen LogP contribution in [0.5, 0.6) is 5.75 Å². The lowest BCUT2D eigenvalue weighted by molar-refractivity contribution is -0.126. The molecule has 3 rings (SSSR count). The molecule has 1 N–H and O–H groups in total. The Morgan fingerprint density at radius 1 is 1.15 bits per heavy atom. The van der Waals surface area contributed by atoms with Gasteiger partial charge in [0.2, 0.25) is 11.8 Å². The first-order valence-corrected chi connectivity index (χ1v) is 9.27. The summed E-state index contributed by atoms with van der Waals surface area (Å²) in [6.07, 6.45) is 1.01. The average molecular weight is 366 g/mol. The van der Waals surface area contributed by atoms with E-state index >= 15 is 0 Å². The van der Waals surface area contributed by atoms with Crippen molar-refractivity contribution in [1.29, 1.82) is 0 Å². The Kier molecular flexibility index (Phi) is 5.79. The SMILES string of the molecule is COc1ccc(CCNC(=O)C2CC(=O)N(c3c(C)cccc3C)C2)cc1. The number of carbonyl (C=O) groups is 2. The summed E-state index contributed by atoms with van der Waals surface area (Å²) in [5.74, 6) is 0.486. The maximum absolute atomic E-state index is 12.5. The number of nitrogens with one attached hydrogen (secondary N) is 1. The Labute approximate surface area is 160 Å². The Bertz CT molecular complexity index is 810. The van der Waals surface area contributed by atoms with E-state index in [1.807, 2.05) is 56.3 Å². The normalized spacial score (nSPS) is 16.5. The van der Waals surface area contributed by atoms with E-state index in [0.29, 0.717) is 13.1 Å². The number of amides is 2. The van der Waals surface area contributed by atoms with Crippen molar-refractivity contribution in [3.63, 3.8) is 0 Å². The zero-order valence-electron chi connectivity index (χ0n) is 16.1. The molecule has 0 aromatic heterocycles. The van der Waals surface area contributed by atoms with E-state index in [4.69, 9.17) is 4.74 Å². The second-order valence-electron chi connectivity index (χ2n) is 7.03. The number of anilines is 1. The Balaban J connectivity index is 1.56. The van der Waals surface area contributed by atoms with Gasteiger partial charge in [0.1, 0.15) is 5.75 Å². The molecule has 1 heterocycles. The van der Waals surface area contributed by atoms with Crippen LogP contribution in [0.15, 0.2) is 42.5 Å². The summed E-state index contributed by atoms with van der Waals surface area (Å²) >= 11 is 0. The second-order valence-corrected chi connectivity index (χ2v) is 7.03. The lowest BCUT2D eigenvalue weighted by Crippen LogP contribution is -2.34. The molecule has 0 aliphatic carbocycles. The first kappa shape index (κ1) is 19.0. The Morgan fingerprint density at radius 2 is 1.81 bits per heavy atom. The Morgan fingerprint density at radius 3 is 2.44 bits per heavy atom. The molecule has 0 spiro atoms. The van der Waals surface area contributed by atoms with Crippen LogP contribution < -0.4 is 15.0 Å². The molecule has 27 heavy (non-hydrogen) atoms. The summed E-state index contributed by atoms with van der Waals surface area (Å²) < 4.78 is 5.15. The molecule has 0 radical (unpaired) electrons. The highest BCUT2D eigenvalue weighted by molar-refractivity contribution is 6.01. The van der Waals surface area contributed by atoms with Gasteiger partial charge >= 0.3 is 0 Å². The molecule has 2 amide bonds. The molecule has 1 atom stereocenters. The summed E-state index contributed by atoms with van der Waals surface area (Å²) in [6.45, 7) is 4.99. The quantitative estimate of drug-likeness (QED) is 0.855. The van der Waals surface area contributed by atoms with Gasteiger partial charge in [-0.1, -0.05) is 30.3 Å². The van der Waals surface area contributed by atoms with E-state index < -0.39 is 0 Å². The van der Waals surface area contributed by atoms with Crippen molar-refractivity contribution in [3.8, 4) is 5.75 Å². The number of nitrogens with zero attached hydrogens (tertiary/aromatic N) is 1. The van der Waals surface area contributed by atoms with Crippen molar-refractivity contribution in [2.24, 2.45) is 5.92 Å². The Hall–Kier alpha value is -2.82.